The number of carbonyl (C=O) groups excluding carboxylic acids is 3. The van der Waals surface area contributed by atoms with Crippen LogP contribution in [0.25, 0.3) is 0 Å². The van der Waals surface area contributed by atoms with Crippen LogP contribution in [0, 0.1) is 0 Å². The Balaban J connectivity index is 4.27. The van der Waals surface area contributed by atoms with Gasteiger partial charge in [0.15, 0.2) is 6.10 Å². The van der Waals surface area contributed by atoms with Crippen molar-refractivity contribution < 1.29 is 28.6 Å². The first-order valence-electron chi connectivity index (χ1n) is 32.0. The fraction of sp³-hybridized carbons (Fsp3) is 0.953. The molecule has 0 aliphatic rings. The number of esters is 3. The molecule has 0 aliphatic carbocycles. The van der Waals surface area contributed by atoms with Gasteiger partial charge in [0, 0.05) is 19.3 Å². The van der Waals surface area contributed by atoms with Crippen molar-refractivity contribution in [1.82, 2.24) is 0 Å². The van der Waals surface area contributed by atoms with E-state index in [0.717, 1.165) is 57.8 Å². The van der Waals surface area contributed by atoms with Crippen molar-refractivity contribution in [2.45, 2.75) is 380 Å². The van der Waals surface area contributed by atoms with Gasteiger partial charge in [-0.2, -0.15) is 0 Å². The van der Waals surface area contributed by atoms with E-state index >= 15 is 0 Å². The van der Waals surface area contributed by atoms with E-state index in [-0.39, 0.29) is 31.1 Å². The highest BCUT2D eigenvalue weighted by atomic mass is 16.6. The molecule has 0 saturated heterocycles. The lowest BCUT2D eigenvalue weighted by Crippen LogP contribution is -2.30. The zero-order valence-corrected chi connectivity index (χ0v) is 47.8. The number of hydrogen-bond acceptors (Lipinski definition) is 6. The Morgan fingerprint density at radius 3 is 0.571 bits per heavy atom. The van der Waals surface area contributed by atoms with E-state index in [2.05, 4.69) is 20.8 Å². The summed E-state index contributed by atoms with van der Waals surface area (Å²) in [4.78, 5) is 38.3. The molecular weight excluding hydrogens is 865 g/mol. The summed E-state index contributed by atoms with van der Waals surface area (Å²) in [6.45, 7) is 6.73. The maximum absolute atomic E-state index is 12.9. The van der Waals surface area contributed by atoms with Crippen LogP contribution in [0.2, 0.25) is 0 Å². The van der Waals surface area contributed by atoms with E-state index in [4.69, 9.17) is 14.2 Å². The predicted octanol–water partition coefficient (Wildman–Crippen LogP) is 21.5. The Labute approximate surface area is 438 Å². The SMILES string of the molecule is CCCCCCCCCCCCCCCCCCCCCC(=O)O[C@H](COC(=O)CCCCCCCCCCCCCCCCC)COC(=O)CCCCCCCCCCCCCCCCCCCC. The van der Waals surface area contributed by atoms with Gasteiger partial charge in [-0.1, -0.05) is 335 Å². The second kappa shape index (κ2) is 60.0. The summed E-state index contributed by atoms with van der Waals surface area (Å²) in [7, 11) is 0. The minimum atomic E-state index is -0.762. The molecule has 0 saturated carbocycles. The van der Waals surface area contributed by atoms with Crippen LogP contribution in [0.15, 0.2) is 0 Å². The number of ether oxygens (including phenoxy) is 3. The lowest BCUT2D eigenvalue weighted by molar-refractivity contribution is -0.167. The molecule has 0 aromatic rings. The van der Waals surface area contributed by atoms with Crippen LogP contribution in [0.4, 0.5) is 0 Å². The highest BCUT2D eigenvalue weighted by Gasteiger charge is 2.19. The van der Waals surface area contributed by atoms with Gasteiger partial charge in [0.1, 0.15) is 13.2 Å². The third-order valence-electron chi connectivity index (χ3n) is 14.9. The standard InChI is InChI=1S/C64H124O6/c1-4-7-10-13-16-19-22-25-28-30-32-34-37-40-43-46-49-52-55-58-64(67)70-61(59-68-62(65)56-53-50-47-44-41-38-35-27-24-21-18-15-12-9-6-3)60-69-63(66)57-54-51-48-45-42-39-36-33-31-29-26-23-20-17-14-11-8-5-2/h61H,4-60H2,1-3H3/t61-/m1/s1. The van der Waals surface area contributed by atoms with Crippen molar-refractivity contribution in [3.05, 3.63) is 0 Å². The predicted molar refractivity (Wildman–Crippen MR) is 303 cm³/mol. The Kier molecular flexibility index (Phi) is 58.6. The fourth-order valence-corrected chi connectivity index (χ4v) is 10.0. The number of carbonyl (C=O) groups is 3. The first-order chi connectivity index (χ1) is 34.5. The summed E-state index contributed by atoms with van der Waals surface area (Å²) in [6, 6.07) is 0. The van der Waals surface area contributed by atoms with Gasteiger partial charge in [-0.15, -0.1) is 0 Å². The van der Waals surface area contributed by atoms with Gasteiger partial charge in [0.25, 0.3) is 0 Å². The van der Waals surface area contributed by atoms with E-state index < -0.39 is 6.10 Å². The molecule has 0 radical (unpaired) electrons. The van der Waals surface area contributed by atoms with E-state index in [1.54, 1.807) is 0 Å². The molecule has 0 unspecified atom stereocenters. The molecule has 70 heavy (non-hydrogen) atoms. The van der Waals surface area contributed by atoms with Crippen LogP contribution in [-0.4, -0.2) is 37.2 Å². The molecule has 0 fully saturated rings. The molecule has 0 aromatic carbocycles. The second-order valence-corrected chi connectivity index (χ2v) is 22.1. The van der Waals surface area contributed by atoms with Crippen molar-refractivity contribution in [1.29, 1.82) is 0 Å². The molecule has 0 bridgehead atoms. The molecule has 0 heterocycles. The van der Waals surface area contributed by atoms with Gasteiger partial charge < -0.3 is 14.2 Å². The van der Waals surface area contributed by atoms with Gasteiger partial charge in [-0.25, -0.2) is 0 Å². The third-order valence-corrected chi connectivity index (χ3v) is 14.9. The molecule has 6 nitrogen and oxygen atoms in total. The van der Waals surface area contributed by atoms with Crippen molar-refractivity contribution in [3.8, 4) is 0 Å². The molecule has 416 valence electrons. The molecule has 1 atom stereocenters. The minimum Gasteiger partial charge on any atom is -0.462 e. The average Bonchev–Trinajstić information content (AvgIpc) is 3.36. The highest BCUT2D eigenvalue weighted by Crippen LogP contribution is 2.19. The lowest BCUT2D eigenvalue weighted by atomic mass is 10.0. The fourth-order valence-electron chi connectivity index (χ4n) is 10.0. The number of unbranched alkanes of at least 4 members (excludes halogenated alkanes) is 49. The minimum absolute atomic E-state index is 0.0605. The molecule has 0 spiro atoms. The summed E-state index contributed by atoms with van der Waals surface area (Å²) >= 11 is 0. The molecule has 0 amide bonds. The van der Waals surface area contributed by atoms with E-state index in [1.807, 2.05) is 0 Å². The van der Waals surface area contributed by atoms with Gasteiger partial charge in [0.2, 0.25) is 0 Å². The summed E-state index contributed by atoms with van der Waals surface area (Å²) in [5.41, 5.74) is 0. The molecule has 0 aromatic heterocycles. The van der Waals surface area contributed by atoms with Crippen molar-refractivity contribution in [2.24, 2.45) is 0 Å². The van der Waals surface area contributed by atoms with Crippen LogP contribution in [0.3, 0.4) is 0 Å². The van der Waals surface area contributed by atoms with Crippen molar-refractivity contribution in [2.75, 3.05) is 13.2 Å². The van der Waals surface area contributed by atoms with Crippen molar-refractivity contribution >= 4 is 17.9 Å². The summed E-state index contributed by atoms with van der Waals surface area (Å²) in [5, 5.41) is 0. The Bertz CT molecular complexity index is 1040. The third kappa shape index (κ3) is 57.3. The van der Waals surface area contributed by atoms with Gasteiger partial charge in [0.05, 0.1) is 0 Å². The van der Waals surface area contributed by atoms with Crippen LogP contribution < -0.4 is 0 Å². The first kappa shape index (κ1) is 68.4. The van der Waals surface area contributed by atoms with Crippen LogP contribution >= 0.6 is 0 Å². The summed E-state index contributed by atoms with van der Waals surface area (Å²) < 4.78 is 17.0. The van der Waals surface area contributed by atoms with E-state index in [9.17, 15) is 14.4 Å². The second-order valence-electron chi connectivity index (χ2n) is 22.1. The Morgan fingerprint density at radius 2 is 0.386 bits per heavy atom. The van der Waals surface area contributed by atoms with Crippen LogP contribution in [-0.2, 0) is 28.6 Å². The summed E-state index contributed by atoms with van der Waals surface area (Å²) in [6.07, 6.45) is 68.2. The monoisotopic (exact) mass is 989 g/mol. The largest absolute Gasteiger partial charge is 0.462 e. The molecule has 0 N–H and O–H groups in total. The lowest BCUT2D eigenvalue weighted by Gasteiger charge is -2.18. The van der Waals surface area contributed by atoms with Crippen LogP contribution in [0.5, 0.6) is 0 Å². The Morgan fingerprint density at radius 1 is 0.229 bits per heavy atom. The molecule has 0 aliphatic heterocycles. The Hall–Kier alpha value is -1.59. The van der Waals surface area contributed by atoms with Gasteiger partial charge in [-0.3, -0.25) is 14.4 Å². The normalized spacial score (nSPS) is 11.9. The smallest absolute Gasteiger partial charge is 0.306 e. The van der Waals surface area contributed by atoms with E-state index in [1.165, 1.54) is 276 Å². The first-order valence-corrected chi connectivity index (χ1v) is 32.0. The molecule has 6 heteroatoms. The van der Waals surface area contributed by atoms with Crippen molar-refractivity contribution in [3.63, 3.8) is 0 Å². The quantitative estimate of drug-likeness (QED) is 0.0343. The number of rotatable bonds is 60. The average molecular weight is 990 g/mol. The van der Waals surface area contributed by atoms with Gasteiger partial charge in [-0.05, 0) is 19.3 Å². The molecule has 0 rings (SSSR count). The molecular formula is C64H124O6. The maximum Gasteiger partial charge on any atom is 0.306 e. The maximum atomic E-state index is 12.9. The zero-order valence-electron chi connectivity index (χ0n) is 47.8. The highest BCUT2D eigenvalue weighted by molar-refractivity contribution is 5.71. The zero-order chi connectivity index (χ0) is 50.7. The topological polar surface area (TPSA) is 78.9 Å². The van der Waals surface area contributed by atoms with E-state index in [0.29, 0.717) is 19.3 Å². The number of hydrogen-bond donors (Lipinski definition) is 0. The van der Waals surface area contributed by atoms with Crippen LogP contribution in [0.1, 0.15) is 374 Å². The van der Waals surface area contributed by atoms with Gasteiger partial charge >= 0.3 is 17.9 Å². The summed E-state index contributed by atoms with van der Waals surface area (Å²) in [5.74, 6) is -0.824.